The van der Waals surface area contributed by atoms with Crippen LogP contribution in [-0.4, -0.2) is 24.1 Å². The van der Waals surface area contributed by atoms with E-state index in [0.29, 0.717) is 5.75 Å². The van der Waals surface area contributed by atoms with Gasteiger partial charge in [-0.15, -0.1) is 0 Å². The van der Waals surface area contributed by atoms with Gasteiger partial charge in [0, 0.05) is 6.42 Å². The molecule has 0 aliphatic rings. The number of ketones is 1. The predicted octanol–water partition coefficient (Wildman–Crippen LogP) is 1.63. The summed E-state index contributed by atoms with van der Waals surface area (Å²) in [4.78, 5) is 11.1. The molecule has 1 rings (SSSR count). The molecule has 0 spiro atoms. The number of aliphatic hydroxyl groups excluding tert-OH is 1. The van der Waals surface area contributed by atoms with Crippen LogP contribution in [0.15, 0.2) is 18.2 Å². The van der Waals surface area contributed by atoms with Gasteiger partial charge in [0.1, 0.15) is 12.4 Å². The number of carbonyl (C=O) groups excluding carboxylic acids is 1. The topological polar surface area (TPSA) is 46.5 Å². The van der Waals surface area contributed by atoms with Gasteiger partial charge in [-0.25, -0.2) is 0 Å². The minimum Gasteiger partial charge on any atom is -0.486 e. The van der Waals surface area contributed by atoms with E-state index in [0.717, 1.165) is 11.1 Å². The highest BCUT2D eigenvalue weighted by molar-refractivity contribution is 5.80. The Morgan fingerprint density at radius 1 is 1.27 bits per heavy atom. The van der Waals surface area contributed by atoms with Crippen LogP contribution in [0.5, 0.6) is 5.75 Å². The Bertz CT molecular complexity index is 324. The molecule has 0 radical (unpaired) electrons. The second-order valence-electron chi connectivity index (χ2n) is 3.62. The molecule has 82 valence electrons. The summed E-state index contributed by atoms with van der Waals surface area (Å²) in [7, 11) is 0. The Hall–Kier alpha value is -1.35. The van der Waals surface area contributed by atoms with Crippen LogP contribution in [0.4, 0.5) is 0 Å². The highest BCUT2D eigenvalue weighted by Gasteiger charge is 2.02. The number of aryl methyl sites for hydroxylation is 2. The molecule has 1 aromatic rings. The van der Waals surface area contributed by atoms with Crippen molar-refractivity contribution in [1.82, 2.24) is 0 Å². The molecule has 0 aromatic heterocycles. The fourth-order valence-electron chi connectivity index (χ4n) is 1.38. The van der Waals surface area contributed by atoms with Gasteiger partial charge in [0.05, 0.1) is 6.61 Å². The van der Waals surface area contributed by atoms with E-state index in [-0.39, 0.29) is 25.4 Å². The number of hydrogen-bond acceptors (Lipinski definition) is 3. The summed E-state index contributed by atoms with van der Waals surface area (Å²) in [6, 6.07) is 5.82. The molecule has 0 atom stereocenters. The molecule has 0 fully saturated rings. The van der Waals surface area contributed by atoms with E-state index >= 15 is 0 Å². The summed E-state index contributed by atoms with van der Waals surface area (Å²) in [6.45, 7) is 3.88. The van der Waals surface area contributed by atoms with Gasteiger partial charge in [-0.05, 0) is 37.1 Å². The van der Waals surface area contributed by atoms with Crippen molar-refractivity contribution in [2.75, 3.05) is 13.2 Å². The smallest absolute Gasteiger partial charge is 0.172 e. The van der Waals surface area contributed by atoms with Gasteiger partial charge >= 0.3 is 0 Å². The van der Waals surface area contributed by atoms with Crippen molar-refractivity contribution in [3.8, 4) is 5.75 Å². The number of benzene rings is 1. The highest BCUT2D eigenvalue weighted by atomic mass is 16.5. The third kappa shape index (κ3) is 4.13. The Kier molecular flexibility index (Phi) is 4.31. The number of carbonyl (C=O) groups is 1. The maximum absolute atomic E-state index is 11.1. The van der Waals surface area contributed by atoms with Crippen molar-refractivity contribution in [2.24, 2.45) is 0 Å². The van der Waals surface area contributed by atoms with Gasteiger partial charge in [-0.1, -0.05) is 6.07 Å². The van der Waals surface area contributed by atoms with Crippen molar-refractivity contribution in [3.63, 3.8) is 0 Å². The molecule has 3 nitrogen and oxygen atoms in total. The molecular formula is C12H16O3. The van der Waals surface area contributed by atoms with Gasteiger partial charge < -0.3 is 9.84 Å². The molecule has 15 heavy (non-hydrogen) atoms. The van der Waals surface area contributed by atoms with E-state index in [9.17, 15) is 4.79 Å². The first-order valence-electron chi connectivity index (χ1n) is 4.95. The molecule has 1 N–H and O–H groups in total. The van der Waals surface area contributed by atoms with Crippen LogP contribution in [0, 0.1) is 13.8 Å². The minimum absolute atomic E-state index is 0.0312. The lowest BCUT2D eigenvalue weighted by molar-refractivity contribution is -0.121. The zero-order chi connectivity index (χ0) is 11.3. The zero-order valence-corrected chi connectivity index (χ0v) is 9.12. The fourth-order valence-corrected chi connectivity index (χ4v) is 1.38. The van der Waals surface area contributed by atoms with Gasteiger partial charge in [0.2, 0.25) is 0 Å². The van der Waals surface area contributed by atoms with Crippen LogP contribution in [0.25, 0.3) is 0 Å². The molecule has 0 bridgehead atoms. The SMILES string of the molecule is Cc1cc(C)cc(OCC(=O)CCO)c1. The first-order valence-corrected chi connectivity index (χ1v) is 4.95. The highest BCUT2D eigenvalue weighted by Crippen LogP contribution is 2.16. The van der Waals surface area contributed by atoms with E-state index < -0.39 is 0 Å². The van der Waals surface area contributed by atoms with Crippen LogP contribution in [-0.2, 0) is 4.79 Å². The van der Waals surface area contributed by atoms with E-state index in [1.165, 1.54) is 0 Å². The molecular weight excluding hydrogens is 192 g/mol. The summed E-state index contributed by atoms with van der Waals surface area (Å²) < 4.78 is 5.32. The second-order valence-corrected chi connectivity index (χ2v) is 3.62. The Balaban J connectivity index is 2.54. The minimum atomic E-state index is -0.116. The molecule has 0 unspecified atom stereocenters. The quantitative estimate of drug-likeness (QED) is 0.800. The number of Topliss-reactive ketones (excluding diaryl/α,β-unsaturated/α-hetero) is 1. The van der Waals surface area contributed by atoms with Crippen LogP contribution in [0.3, 0.4) is 0 Å². The molecule has 0 aliphatic heterocycles. The first-order chi connectivity index (χ1) is 7.11. The third-order valence-electron chi connectivity index (χ3n) is 1.99. The van der Waals surface area contributed by atoms with E-state index in [2.05, 4.69) is 0 Å². The van der Waals surface area contributed by atoms with Crippen molar-refractivity contribution in [1.29, 1.82) is 0 Å². The fraction of sp³-hybridized carbons (Fsp3) is 0.417. The standard InChI is InChI=1S/C12H16O3/c1-9-5-10(2)7-12(6-9)15-8-11(14)3-4-13/h5-7,13H,3-4,8H2,1-2H3. The molecule has 1 aromatic carbocycles. The van der Waals surface area contributed by atoms with Crippen LogP contribution < -0.4 is 4.74 Å². The van der Waals surface area contributed by atoms with Gasteiger partial charge in [-0.2, -0.15) is 0 Å². The Morgan fingerprint density at radius 3 is 2.40 bits per heavy atom. The van der Waals surface area contributed by atoms with Gasteiger partial charge in [0.15, 0.2) is 5.78 Å². The largest absolute Gasteiger partial charge is 0.486 e. The van der Waals surface area contributed by atoms with E-state index in [1.807, 2.05) is 32.0 Å². The lowest BCUT2D eigenvalue weighted by Crippen LogP contribution is -2.12. The first kappa shape index (κ1) is 11.7. The van der Waals surface area contributed by atoms with Gasteiger partial charge in [0.25, 0.3) is 0 Å². The van der Waals surface area contributed by atoms with E-state index in [4.69, 9.17) is 9.84 Å². The number of ether oxygens (including phenoxy) is 1. The summed E-state index contributed by atoms with van der Waals surface area (Å²) >= 11 is 0. The molecule has 0 saturated carbocycles. The Labute approximate surface area is 89.7 Å². The molecule has 0 heterocycles. The van der Waals surface area contributed by atoms with Crippen molar-refractivity contribution >= 4 is 5.78 Å². The zero-order valence-electron chi connectivity index (χ0n) is 9.12. The molecule has 0 saturated heterocycles. The average Bonchev–Trinajstić information content (AvgIpc) is 2.14. The molecule has 0 aliphatic carbocycles. The normalized spacial score (nSPS) is 10.1. The van der Waals surface area contributed by atoms with Crippen LogP contribution in [0.2, 0.25) is 0 Å². The lowest BCUT2D eigenvalue weighted by atomic mass is 10.1. The van der Waals surface area contributed by atoms with Gasteiger partial charge in [-0.3, -0.25) is 4.79 Å². The number of rotatable bonds is 5. The molecule has 3 heteroatoms. The lowest BCUT2D eigenvalue weighted by Gasteiger charge is -2.06. The van der Waals surface area contributed by atoms with Crippen LogP contribution in [0.1, 0.15) is 17.5 Å². The van der Waals surface area contributed by atoms with Crippen LogP contribution >= 0.6 is 0 Å². The number of aliphatic hydroxyl groups is 1. The predicted molar refractivity (Wildman–Crippen MR) is 58.1 cm³/mol. The monoisotopic (exact) mass is 208 g/mol. The average molecular weight is 208 g/mol. The second kappa shape index (κ2) is 5.51. The summed E-state index contributed by atoms with van der Waals surface area (Å²) in [5.41, 5.74) is 2.22. The van der Waals surface area contributed by atoms with E-state index in [1.54, 1.807) is 0 Å². The Morgan fingerprint density at radius 2 is 1.87 bits per heavy atom. The van der Waals surface area contributed by atoms with Crippen molar-refractivity contribution in [2.45, 2.75) is 20.3 Å². The third-order valence-corrected chi connectivity index (χ3v) is 1.99. The summed E-state index contributed by atoms with van der Waals surface area (Å²) in [5.74, 6) is 0.621. The maximum Gasteiger partial charge on any atom is 0.172 e. The maximum atomic E-state index is 11.1. The molecule has 0 amide bonds. The number of hydrogen-bond donors (Lipinski definition) is 1. The summed E-state index contributed by atoms with van der Waals surface area (Å²) in [6.07, 6.45) is 0.158. The summed E-state index contributed by atoms with van der Waals surface area (Å²) in [5, 5.41) is 8.55. The van der Waals surface area contributed by atoms with Crippen molar-refractivity contribution < 1.29 is 14.6 Å². The van der Waals surface area contributed by atoms with Crippen molar-refractivity contribution in [3.05, 3.63) is 29.3 Å².